The summed E-state index contributed by atoms with van der Waals surface area (Å²) in [4.78, 5) is 13.4. The minimum absolute atomic E-state index is 0.220. The molecule has 1 aromatic carbocycles. The van der Waals surface area contributed by atoms with Crippen molar-refractivity contribution in [2.75, 3.05) is 0 Å². The van der Waals surface area contributed by atoms with Crippen molar-refractivity contribution in [2.24, 2.45) is 0 Å². The van der Waals surface area contributed by atoms with Gasteiger partial charge in [-0.25, -0.2) is 0 Å². The molecule has 1 aromatic heterocycles. The molecule has 0 bridgehead atoms. The number of benzene rings is 1. The molecular weight excluding hydrogens is 296 g/mol. The summed E-state index contributed by atoms with van der Waals surface area (Å²) in [5.74, 6) is 0.220. The molecule has 0 fully saturated rings. The molecule has 2 aromatic rings. The summed E-state index contributed by atoms with van der Waals surface area (Å²) in [6, 6.07) is 9.87. The van der Waals surface area contributed by atoms with Crippen molar-refractivity contribution in [1.29, 1.82) is 0 Å². The third-order valence-corrected chi connectivity index (χ3v) is 4.54. The molecule has 0 aliphatic heterocycles. The number of ketones is 1. The van der Waals surface area contributed by atoms with Gasteiger partial charge in [-0.15, -0.1) is 11.3 Å². The van der Waals surface area contributed by atoms with Crippen molar-refractivity contribution in [2.45, 2.75) is 19.8 Å². The van der Waals surface area contributed by atoms with Gasteiger partial charge in [-0.05, 0) is 36.4 Å². The van der Waals surface area contributed by atoms with Crippen LogP contribution in [0.25, 0.3) is 0 Å². The molecule has 0 N–H and O–H groups in total. The minimum atomic E-state index is 0.220. The maximum Gasteiger partial charge on any atom is 0.163 e. The molecule has 0 spiro atoms. The lowest BCUT2D eigenvalue weighted by Gasteiger charge is -2.06. The number of carbonyl (C=O) groups is 1. The van der Waals surface area contributed by atoms with Gasteiger partial charge in [0.2, 0.25) is 0 Å². The lowest BCUT2D eigenvalue weighted by Crippen LogP contribution is -2.03. The maximum absolute atomic E-state index is 12.1. The fourth-order valence-electron chi connectivity index (χ4n) is 1.74. The SMILES string of the molecule is Cc1c(Br)cccc1C(=O)CCc1cccs1. The molecular formula is C14H13BrOS. The van der Waals surface area contributed by atoms with Gasteiger partial charge in [-0.1, -0.05) is 34.1 Å². The van der Waals surface area contributed by atoms with Crippen molar-refractivity contribution in [3.05, 3.63) is 56.2 Å². The smallest absolute Gasteiger partial charge is 0.163 e. The largest absolute Gasteiger partial charge is 0.294 e. The molecule has 0 saturated heterocycles. The number of thiophene rings is 1. The second-order valence-electron chi connectivity index (χ2n) is 3.91. The monoisotopic (exact) mass is 308 g/mol. The number of carbonyl (C=O) groups excluding carboxylic acids is 1. The molecule has 0 radical (unpaired) electrons. The van der Waals surface area contributed by atoms with E-state index in [1.165, 1.54) is 4.88 Å². The molecule has 1 nitrogen and oxygen atoms in total. The summed E-state index contributed by atoms with van der Waals surface area (Å²) < 4.78 is 1.000. The van der Waals surface area contributed by atoms with Crippen LogP contribution in [0.3, 0.4) is 0 Å². The Balaban J connectivity index is 2.07. The van der Waals surface area contributed by atoms with Crippen molar-refractivity contribution in [3.63, 3.8) is 0 Å². The van der Waals surface area contributed by atoms with E-state index in [-0.39, 0.29) is 5.78 Å². The van der Waals surface area contributed by atoms with Crippen LogP contribution in [0.15, 0.2) is 40.2 Å². The molecule has 0 atom stereocenters. The van der Waals surface area contributed by atoms with E-state index < -0.39 is 0 Å². The average molecular weight is 309 g/mol. The summed E-state index contributed by atoms with van der Waals surface area (Å²) in [6.07, 6.45) is 1.42. The predicted molar refractivity (Wildman–Crippen MR) is 75.8 cm³/mol. The Morgan fingerprint density at radius 1 is 1.29 bits per heavy atom. The maximum atomic E-state index is 12.1. The van der Waals surface area contributed by atoms with E-state index in [0.717, 1.165) is 22.0 Å². The van der Waals surface area contributed by atoms with Crippen LogP contribution in [0, 0.1) is 6.92 Å². The van der Waals surface area contributed by atoms with Gasteiger partial charge >= 0.3 is 0 Å². The zero-order valence-corrected chi connectivity index (χ0v) is 12.0. The number of rotatable bonds is 4. The zero-order chi connectivity index (χ0) is 12.3. The van der Waals surface area contributed by atoms with Gasteiger partial charge in [0.25, 0.3) is 0 Å². The normalized spacial score (nSPS) is 10.5. The van der Waals surface area contributed by atoms with Crippen LogP contribution in [0.1, 0.15) is 27.2 Å². The van der Waals surface area contributed by atoms with E-state index in [2.05, 4.69) is 22.0 Å². The molecule has 0 amide bonds. The molecule has 0 aliphatic carbocycles. The molecule has 3 heteroatoms. The highest BCUT2D eigenvalue weighted by molar-refractivity contribution is 9.10. The Bertz CT molecular complexity index is 517. The second-order valence-corrected chi connectivity index (χ2v) is 5.80. The van der Waals surface area contributed by atoms with Crippen LogP contribution in [-0.4, -0.2) is 5.78 Å². The number of Topliss-reactive ketones (excluding diaryl/α,β-unsaturated/α-hetero) is 1. The fraction of sp³-hybridized carbons (Fsp3) is 0.214. The molecule has 88 valence electrons. The summed E-state index contributed by atoms with van der Waals surface area (Å²) in [6.45, 7) is 1.97. The standard InChI is InChI=1S/C14H13BrOS/c1-10-12(5-2-6-13(10)15)14(16)8-7-11-4-3-9-17-11/h2-6,9H,7-8H2,1H3. The van der Waals surface area contributed by atoms with Gasteiger partial charge in [0.1, 0.15) is 0 Å². The van der Waals surface area contributed by atoms with Crippen LogP contribution in [-0.2, 0) is 6.42 Å². The average Bonchev–Trinajstić information content (AvgIpc) is 2.82. The van der Waals surface area contributed by atoms with E-state index >= 15 is 0 Å². The first kappa shape index (κ1) is 12.5. The summed E-state index contributed by atoms with van der Waals surface area (Å²) >= 11 is 5.16. The first-order valence-electron chi connectivity index (χ1n) is 5.49. The van der Waals surface area contributed by atoms with Crippen molar-refractivity contribution in [1.82, 2.24) is 0 Å². The van der Waals surface area contributed by atoms with E-state index in [1.807, 2.05) is 36.6 Å². The molecule has 2 rings (SSSR count). The van der Waals surface area contributed by atoms with Crippen LogP contribution < -0.4 is 0 Å². The molecule has 17 heavy (non-hydrogen) atoms. The van der Waals surface area contributed by atoms with E-state index in [0.29, 0.717) is 6.42 Å². The number of hydrogen-bond donors (Lipinski definition) is 0. The Morgan fingerprint density at radius 3 is 2.82 bits per heavy atom. The Kier molecular flexibility index (Phi) is 4.13. The zero-order valence-electron chi connectivity index (χ0n) is 9.57. The van der Waals surface area contributed by atoms with E-state index in [4.69, 9.17) is 0 Å². The Labute approximate surface area is 114 Å². The van der Waals surface area contributed by atoms with E-state index in [1.54, 1.807) is 11.3 Å². The first-order valence-corrected chi connectivity index (χ1v) is 7.16. The van der Waals surface area contributed by atoms with Gasteiger partial charge in [0, 0.05) is 21.3 Å². The third-order valence-electron chi connectivity index (χ3n) is 2.75. The van der Waals surface area contributed by atoms with Crippen LogP contribution in [0.5, 0.6) is 0 Å². The molecule has 0 aliphatic rings. The van der Waals surface area contributed by atoms with Gasteiger partial charge < -0.3 is 0 Å². The fourth-order valence-corrected chi connectivity index (χ4v) is 2.81. The van der Waals surface area contributed by atoms with Crippen LogP contribution in [0.2, 0.25) is 0 Å². The van der Waals surface area contributed by atoms with Crippen molar-refractivity contribution in [3.8, 4) is 0 Å². The minimum Gasteiger partial charge on any atom is -0.294 e. The highest BCUT2D eigenvalue weighted by atomic mass is 79.9. The topological polar surface area (TPSA) is 17.1 Å². The number of halogens is 1. The van der Waals surface area contributed by atoms with Crippen molar-refractivity contribution >= 4 is 33.0 Å². The van der Waals surface area contributed by atoms with Gasteiger partial charge in [0.05, 0.1) is 0 Å². The lowest BCUT2D eigenvalue weighted by atomic mass is 10.0. The van der Waals surface area contributed by atoms with Crippen molar-refractivity contribution < 1.29 is 4.79 Å². The number of aryl methyl sites for hydroxylation is 1. The quantitative estimate of drug-likeness (QED) is 0.752. The highest BCUT2D eigenvalue weighted by Crippen LogP contribution is 2.21. The van der Waals surface area contributed by atoms with Crippen LogP contribution >= 0.6 is 27.3 Å². The molecule has 0 unspecified atom stereocenters. The Morgan fingerprint density at radius 2 is 2.12 bits per heavy atom. The Hall–Kier alpha value is -0.930. The first-order chi connectivity index (χ1) is 8.18. The highest BCUT2D eigenvalue weighted by Gasteiger charge is 2.10. The summed E-state index contributed by atoms with van der Waals surface area (Å²) in [7, 11) is 0. The van der Waals surface area contributed by atoms with Gasteiger partial charge in [-0.2, -0.15) is 0 Å². The van der Waals surface area contributed by atoms with E-state index in [9.17, 15) is 4.79 Å². The second kappa shape index (κ2) is 5.61. The molecule has 0 saturated carbocycles. The van der Waals surface area contributed by atoms with Gasteiger partial charge in [-0.3, -0.25) is 4.79 Å². The predicted octanol–water partition coefficient (Wildman–Crippen LogP) is 4.63. The van der Waals surface area contributed by atoms with Crippen LogP contribution in [0.4, 0.5) is 0 Å². The third kappa shape index (κ3) is 3.05. The number of hydrogen-bond acceptors (Lipinski definition) is 2. The summed E-state index contributed by atoms with van der Waals surface area (Å²) in [5.41, 5.74) is 1.86. The molecule has 1 heterocycles. The van der Waals surface area contributed by atoms with Gasteiger partial charge in [0.15, 0.2) is 5.78 Å². The lowest BCUT2D eigenvalue weighted by molar-refractivity contribution is 0.0982. The summed E-state index contributed by atoms with van der Waals surface area (Å²) in [5, 5.41) is 2.05.